The Morgan fingerprint density at radius 3 is 2.39 bits per heavy atom. The molecule has 2 heterocycles. The van der Waals surface area contributed by atoms with Gasteiger partial charge in [-0.25, -0.2) is 4.98 Å². The molecule has 1 N–H and O–H groups in total. The first-order valence-electron chi connectivity index (χ1n) is 9.87. The number of anilines is 2. The van der Waals surface area contributed by atoms with Gasteiger partial charge < -0.3 is 24.4 Å². The van der Waals surface area contributed by atoms with E-state index in [1.54, 1.807) is 24.5 Å². The molecule has 0 saturated carbocycles. The molecule has 1 amide bonds. The van der Waals surface area contributed by atoms with Gasteiger partial charge in [-0.05, 0) is 53.9 Å². The van der Waals surface area contributed by atoms with Crippen molar-refractivity contribution in [2.24, 2.45) is 0 Å². The number of ether oxygens (including phenoxy) is 3. The van der Waals surface area contributed by atoms with Gasteiger partial charge in [-0.15, -0.1) is 24.5 Å². The predicted octanol–water partition coefficient (Wildman–Crippen LogP) is 5.00. The summed E-state index contributed by atoms with van der Waals surface area (Å²) >= 11 is 1.23. The lowest BCUT2D eigenvalue weighted by Gasteiger charge is -2.29. The molecular formula is C22H20F3N3O4S. The van der Waals surface area contributed by atoms with Crippen LogP contribution in [0, 0.1) is 0 Å². The first kappa shape index (κ1) is 22.7. The van der Waals surface area contributed by atoms with Crippen LogP contribution in [0.3, 0.4) is 0 Å². The van der Waals surface area contributed by atoms with Gasteiger partial charge >= 0.3 is 6.36 Å². The molecule has 4 rings (SSSR count). The minimum Gasteiger partial charge on any atom is -0.493 e. The van der Waals surface area contributed by atoms with E-state index in [2.05, 4.69) is 15.0 Å². The van der Waals surface area contributed by atoms with Gasteiger partial charge in [-0.2, -0.15) is 0 Å². The minimum atomic E-state index is -4.74. The van der Waals surface area contributed by atoms with Gasteiger partial charge in [0.15, 0.2) is 16.6 Å². The van der Waals surface area contributed by atoms with E-state index in [1.165, 1.54) is 35.6 Å². The molecule has 33 heavy (non-hydrogen) atoms. The second kappa shape index (κ2) is 9.18. The highest BCUT2D eigenvalue weighted by Gasteiger charge is 2.31. The van der Waals surface area contributed by atoms with Crippen molar-refractivity contribution in [2.75, 3.05) is 26.1 Å². The minimum absolute atomic E-state index is 0.200. The Morgan fingerprint density at radius 2 is 1.76 bits per heavy atom. The molecule has 0 aliphatic carbocycles. The number of carbonyl (C=O) groups is 1. The number of hydrogen-bond donors (Lipinski definition) is 1. The molecule has 0 atom stereocenters. The molecular weight excluding hydrogens is 459 g/mol. The number of fused-ring (bicyclic) bond motifs is 1. The smallest absolute Gasteiger partial charge is 0.493 e. The van der Waals surface area contributed by atoms with Crippen LogP contribution in [0.5, 0.6) is 17.2 Å². The van der Waals surface area contributed by atoms with Crippen LogP contribution >= 0.6 is 11.3 Å². The molecule has 1 aromatic heterocycles. The lowest BCUT2D eigenvalue weighted by Crippen LogP contribution is -2.36. The van der Waals surface area contributed by atoms with Gasteiger partial charge in [0.1, 0.15) is 11.4 Å². The predicted molar refractivity (Wildman–Crippen MR) is 117 cm³/mol. The van der Waals surface area contributed by atoms with Crippen LogP contribution in [0.25, 0.3) is 0 Å². The third kappa shape index (κ3) is 5.30. The van der Waals surface area contributed by atoms with E-state index in [4.69, 9.17) is 9.47 Å². The van der Waals surface area contributed by atoms with E-state index in [0.717, 1.165) is 11.1 Å². The van der Waals surface area contributed by atoms with Crippen molar-refractivity contribution >= 4 is 28.1 Å². The largest absolute Gasteiger partial charge is 0.573 e. The Labute approximate surface area is 191 Å². The molecule has 2 aromatic carbocycles. The highest BCUT2D eigenvalue weighted by atomic mass is 32.1. The lowest BCUT2D eigenvalue weighted by atomic mass is 9.98. The number of nitrogens with zero attached hydrogens (tertiary/aromatic N) is 2. The summed E-state index contributed by atoms with van der Waals surface area (Å²) in [5.41, 5.74) is 2.91. The standard InChI is InChI=1S/C22H20F3N3O4S/c1-30-18-9-13-7-8-28(11-14(13)10-19(18)31-2)20(29)17-12-33-21(27-17)26-15-3-5-16(6-4-15)32-22(23,24)25/h3-6,9-10,12H,7-8,11H2,1-2H3,(H,26,27). The van der Waals surface area contributed by atoms with Crippen LogP contribution in [0.1, 0.15) is 21.6 Å². The lowest BCUT2D eigenvalue weighted by molar-refractivity contribution is -0.274. The van der Waals surface area contributed by atoms with E-state index >= 15 is 0 Å². The molecule has 0 saturated heterocycles. The van der Waals surface area contributed by atoms with Gasteiger partial charge in [-0.1, -0.05) is 0 Å². The fraction of sp³-hybridized carbons (Fsp3) is 0.273. The monoisotopic (exact) mass is 479 g/mol. The van der Waals surface area contributed by atoms with Crippen molar-refractivity contribution < 1.29 is 32.2 Å². The maximum absolute atomic E-state index is 13.0. The van der Waals surface area contributed by atoms with E-state index in [9.17, 15) is 18.0 Å². The molecule has 0 fully saturated rings. The second-order valence-electron chi connectivity index (χ2n) is 7.19. The van der Waals surface area contributed by atoms with Crippen molar-refractivity contribution in [3.05, 3.63) is 58.6 Å². The van der Waals surface area contributed by atoms with Crippen molar-refractivity contribution in [2.45, 2.75) is 19.3 Å². The molecule has 7 nitrogen and oxygen atoms in total. The molecule has 0 spiro atoms. The van der Waals surface area contributed by atoms with Crippen molar-refractivity contribution in [1.82, 2.24) is 9.88 Å². The molecule has 11 heteroatoms. The average Bonchev–Trinajstić information content (AvgIpc) is 3.26. The zero-order valence-electron chi connectivity index (χ0n) is 17.7. The van der Waals surface area contributed by atoms with Gasteiger partial charge in [-0.3, -0.25) is 4.79 Å². The number of rotatable bonds is 6. The molecule has 0 unspecified atom stereocenters. The van der Waals surface area contributed by atoms with Gasteiger partial charge in [0.05, 0.1) is 14.2 Å². The Hall–Kier alpha value is -3.47. The number of thiazole rings is 1. The Morgan fingerprint density at radius 1 is 1.09 bits per heavy atom. The van der Waals surface area contributed by atoms with Crippen LogP contribution < -0.4 is 19.5 Å². The number of aromatic nitrogens is 1. The summed E-state index contributed by atoms with van der Waals surface area (Å²) in [6.45, 7) is 0.970. The topological polar surface area (TPSA) is 72.9 Å². The third-order valence-electron chi connectivity index (χ3n) is 5.07. The number of alkyl halides is 3. The molecule has 3 aromatic rings. The van der Waals surface area contributed by atoms with E-state index in [1.807, 2.05) is 12.1 Å². The highest BCUT2D eigenvalue weighted by molar-refractivity contribution is 7.14. The normalized spacial score (nSPS) is 13.3. The van der Waals surface area contributed by atoms with Crippen molar-refractivity contribution in [3.8, 4) is 17.2 Å². The Balaban J connectivity index is 1.42. The Bertz CT molecular complexity index is 1150. The average molecular weight is 479 g/mol. The van der Waals surface area contributed by atoms with Crippen molar-refractivity contribution in [1.29, 1.82) is 0 Å². The fourth-order valence-electron chi connectivity index (χ4n) is 3.51. The van der Waals surface area contributed by atoms with E-state index in [0.29, 0.717) is 47.5 Å². The van der Waals surface area contributed by atoms with Crippen LogP contribution in [-0.2, 0) is 13.0 Å². The van der Waals surface area contributed by atoms with Gasteiger partial charge in [0.25, 0.3) is 5.91 Å². The SMILES string of the molecule is COc1cc2c(cc1OC)CN(C(=O)c1csc(Nc3ccc(OC(F)(F)F)cc3)n1)CC2. The second-order valence-corrected chi connectivity index (χ2v) is 8.05. The quantitative estimate of drug-likeness (QED) is 0.537. The number of methoxy groups -OCH3 is 2. The summed E-state index contributed by atoms with van der Waals surface area (Å²) in [5, 5.41) is 5.08. The first-order valence-corrected chi connectivity index (χ1v) is 10.7. The highest BCUT2D eigenvalue weighted by Crippen LogP contribution is 2.34. The Kier molecular flexibility index (Phi) is 6.32. The number of nitrogens with one attached hydrogen (secondary N) is 1. The zero-order valence-corrected chi connectivity index (χ0v) is 18.5. The molecule has 1 aliphatic rings. The van der Waals surface area contributed by atoms with Crippen molar-refractivity contribution in [3.63, 3.8) is 0 Å². The number of carbonyl (C=O) groups excluding carboxylic acids is 1. The van der Waals surface area contributed by atoms with E-state index in [-0.39, 0.29) is 11.7 Å². The molecule has 1 aliphatic heterocycles. The number of amides is 1. The maximum atomic E-state index is 13.0. The molecule has 0 radical (unpaired) electrons. The maximum Gasteiger partial charge on any atom is 0.573 e. The zero-order chi connectivity index (χ0) is 23.6. The number of hydrogen-bond acceptors (Lipinski definition) is 7. The van der Waals surface area contributed by atoms with Crippen LogP contribution in [0.2, 0.25) is 0 Å². The summed E-state index contributed by atoms with van der Waals surface area (Å²) in [4.78, 5) is 19.1. The number of halogens is 3. The van der Waals surface area contributed by atoms with Gasteiger partial charge in [0.2, 0.25) is 0 Å². The summed E-state index contributed by atoms with van der Waals surface area (Å²) in [6.07, 6.45) is -4.06. The van der Waals surface area contributed by atoms with Crippen LogP contribution in [0.15, 0.2) is 41.8 Å². The summed E-state index contributed by atoms with van der Waals surface area (Å²) in [7, 11) is 3.15. The summed E-state index contributed by atoms with van der Waals surface area (Å²) in [6, 6.07) is 9.09. The fourth-order valence-corrected chi connectivity index (χ4v) is 4.22. The van der Waals surface area contributed by atoms with Crippen LogP contribution in [0.4, 0.5) is 24.0 Å². The third-order valence-corrected chi connectivity index (χ3v) is 5.83. The van der Waals surface area contributed by atoms with Gasteiger partial charge in [0, 0.05) is 24.2 Å². The number of benzene rings is 2. The molecule has 0 bridgehead atoms. The first-order chi connectivity index (χ1) is 15.8. The summed E-state index contributed by atoms with van der Waals surface area (Å²) < 4.78 is 51.4. The molecule has 174 valence electrons. The summed E-state index contributed by atoms with van der Waals surface area (Å²) in [5.74, 6) is 0.748. The van der Waals surface area contributed by atoms with Crippen LogP contribution in [-0.4, -0.2) is 42.9 Å². The van der Waals surface area contributed by atoms with E-state index < -0.39 is 6.36 Å².